The number of alkyl halides is 3. The van der Waals surface area contributed by atoms with E-state index in [4.69, 9.17) is 4.74 Å². The number of carbonyl (C=O) groups excluding carboxylic acids is 1. The monoisotopic (exact) mass is 453 g/mol. The lowest BCUT2D eigenvalue weighted by Gasteiger charge is -2.27. The Morgan fingerprint density at radius 1 is 1.06 bits per heavy atom. The number of aromatic nitrogens is 2. The fourth-order valence-corrected chi connectivity index (χ4v) is 3.21. The van der Waals surface area contributed by atoms with E-state index in [9.17, 15) is 18.0 Å². The number of nitrogens with one attached hydrogen (secondary N) is 1. The fraction of sp³-hybridized carbons (Fsp3) is 0.208. The first-order valence-electron chi connectivity index (χ1n) is 10.0. The zero-order valence-corrected chi connectivity index (χ0v) is 17.2. The topological polar surface area (TPSA) is 73.3 Å². The molecular weight excluding hydrogens is 435 g/mol. The summed E-state index contributed by atoms with van der Waals surface area (Å²) in [6.07, 6.45) is -5.63. The van der Waals surface area contributed by atoms with Gasteiger partial charge in [0.25, 0.3) is 0 Å². The zero-order valence-electron chi connectivity index (χ0n) is 17.2. The maximum atomic E-state index is 12.5. The molecule has 33 heavy (non-hydrogen) atoms. The molecule has 4 rings (SSSR count). The van der Waals surface area contributed by atoms with Crippen molar-refractivity contribution >= 4 is 5.97 Å². The molecule has 0 amide bonds. The summed E-state index contributed by atoms with van der Waals surface area (Å²) in [6, 6.07) is 18.1. The number of fused-ring (bicyclic) bond motifs is 1. The highest BCUT2D eigenvalue weighted by atomic mass is 19.4. The molecule has 1 aliphatic rings. The molecule has 0 saturated carbocycles. The van der Waals surface area contributed by atoms with Crippen molar-refractivity contribution in [2.75, 3.05) is 6.54 Å². The average molecular weight is 453 g/mol. The molecule has 3 aromatic rings. The number of benzene rings is 2. The van der Waals surface area contributed by atoms with Crippen molar-refractivity contribution in [3.05, 3.63) is 88.6 Å². The Balaban J connectivity index is 1.41. The number of rotatable bonds is 4. The molecule has 1 aliphatic heterocycles. The molecule has 1 unspecified atom stereocenters. The van der Waals surface area contributed by atoms with Crippen molar-refractivity contribution in [2.45, 2.75) is 25.4 Å². The van der Waals surface area contributed by atoms with Crippen LogP contribution in [0.2, 0.25) is 0 Å². The van der Waals surface area contributed by atoms with Gasteiger partial charge in [-0.05, 0) is 41.7 Å². The van der Waals surface area contributed by atoms with E-state index in [2.05, 4.69) is 32.1 Å². The van der Waals surface area contributed by atoms with Gasteiger partial charge in [0.1, 0.15) is 12.3 Å². The third kappa shape index (κ3) is 5.87. The van der Waals surface area contributed by atoms with E-state index >= 15 is 0 Å². The summed E-state index contributed by atoms with van der Waals surface area (Å²) in [7, 11) is 0. The quantitative estimate of drug-likeness (QED) is 0.480. The normalized spacial score (nSPS) is 15.1. The summed E-state index contributed by atoms with van der Waals surface area (Å²) in [5.41, 5.74) is 3.35. The third-order valence-electron chi connectivity index (χ3n) is 4.81. The van der Waals surface area contributed by atoms with Gasteiger partial charge in [-0.15, -0.1) is 10.2 Å². The first-order valence-corrected chi connectivity index (χ1v) is 10.0. The van der Waals surface area contributed by atoms with E-state index in [1.165, 1.54) is 0 Å². The highest BCUT2D eigenvalue weighted by Gasteiger charge is 2.43. The van der Waals surface area contributed by atoms with Crippen LogP contribution >= 0.6 is 0 Å². The van der Waals surface area contributed by atoms with Crippen molar-refractivity contribution in [1.82, 2.24) is 15.5 Å². The molecule has 168 valence electrons. The van der Waals surface area contributed by atoms with Crippen LogP contribution in [0.3, 0.4) is 0 Å². The summed E-state index contributed by atoms with van der Waals surface area (Å²) < 4.78 is 47.7. The standard InChI is InChI=1S/C24H18F3N3O3/c25-24(26,27)23(31)33-22-20-10-7-16(14-18(20)12-13-28-22)6-8-19-9-11-21(30-29-19)32-15-17-4-2-1-3-5-17/h1-5,7,9-11,14,22,28H,12-13,15H2. The van der Waals surface area contributed by atoms with E-state index in [0.717, 1.165) is 11.1 Å². The Morgan fingerprint density at radius 2 is 1.88 bits per heavy atom. The van der Waals surface area contributed by atoms with Crippen molar-refractivity contribution in [1.29, 1.82) is 0 Å². The van der Waals surface area contributed by atoms with Gasteiger partial charge in [0, 0.05) is 23.7 Å². The van der Waals surface area contributed by atoms with E-state index < -0.39 is 18.4 Å². The number of hydrogen-bond donors (Lipinski definition) is 1. The summed E-state index contributed by atoms with van der Waals surface area (Å²) in [5.74, 6) is 4.02. The molecule has 0 fully saturated rings. The van der Waals surface area contributed by atoms with Crippen molar-refractivity contribution in [3.63, 3.8) is 0 Å². The van der Waals surface area contributed by atoms with Crippen LogP contribution in [-0.2, 0) is 22.6 Å². The van der Waals surface area contributed by atoms with Gasteiger partial charge in [-0.2, -0.15) is 13.2 Å². The molecule has 1 N–H and O–H groups in total. The van der Waals surface area contributed by atoms with Gasteiger partial charge < -0.3 is 9.47 Å². The largest absolute Gasteiger partial charge is 0.490 e. The molecule has 1 atom stereocenters. The number of ether oxygens (including phenoxy) is 2. The molecule has 0 bridgehead atoms. The molecule has 2 heterocycles. The van der Waals surface area contributed by atoms with Gasteiger partial charge in [0.05, 0.1) is 0 Å². The predicted octanol–water partition coefficient (Wildman–Crippen LogP) is 3.71. The lowest BCUT2D eigenvalue weighted by atomic mass is 9.97. The van der Waals surface area contributed by atoms with Gasteiger partial charge in [0.15, 0.2) is 6.23 Å². The maximum Gasteiger partial charge on any atom is 0.490 e. The van der Waals surface area contributed by atoms with Crippen LogP contribution < -0.4 is 10.1 Å². The van der Waals surface area contributed by atoms with Crippen molar-refractivity contribution in [3.8, 4) is 17.7 Å². The van der Waals surface area contributed by atoms with Crippen LogP contribution in [0, 0.1) is 11.8 Å². The van der Waals surface area contributed by atoms with Crippen LogP contribution in [0.15, 0.2) is 60.7 Å². The highest BCUT2D eigenvalue weighted by Crippen LogP contribution is 2.28. The Hall–Kier alpha value is -3.90. The lowest BCUT2D eigenvalue weighted by molar-refractivity contribution is -0.207. The lowest BCUT2D eigenvalue weighted by Crippen LogP contribution is -2.36. The predicted molar refractivity (Wildman–Crippen MR) is 112 cm³/mol. The van der Waals surface area contributed by atoms with E-state index in [0.29, 0.717) is 42.3 Å². The molecule has 9 heteroatoms. The molecule has 6 nitrogen and oxygen atoms in total. The van der Waals surface area contributed by atoms with Crippen molar-refractivity contribution < 1.29 is 27.4 Å². The molecule has 0 saturated heterocycles. The summed E-state index contributed by atoms with van der Waals surface area (Å²) in [4.78, 5) is 11.2. The van der Waals surface area contributed by atoms with Gasteiger partial charge in [-0.25, -0.2) is 4.79 Å². The van der Waals surface area contributed by atoms with Crippen LogP contribution in [-0.4, -0.2) is 28.9 Å². The Labute approximate surface area is 187 Å². The number of carbonyl (C=O) groups is 1. The number of nitrogens with zero attached hydrogens (tertiary/aromatic N) is 2. The van der Waals surface area contributed by atoms with Gasteiger partial charge in [-0.1, -0.05) is 42.3 Å². The van der Waals surface area contributed by atoms with E-state index in [1.807, 2.05) is 30.3 Å². The summed E-state index contributed by atoms with van der Waals surface area (Å²) in [6.45, 7) is 0.749. The van der Waals surface area contributed by atoms with Crippen LogP contribution in [0.25, 0.3) is 0 Å². The van der Waals surface area contributed by atoms with Crippen molar-refractivity contribution in [2.24, 2.45) is 0 Å². The summed E-state index contributed by atoms with van der Waals surface area (Å²) in [5, 5.41) is 10.8. The second-order valence-corrected chi connectivity index (χ2v) is 7.18. The van der Waals surface area contributed by atoms with Crippen LogP contribution in [0.5, 0.6) is 5.88 Å². The minimum absolute atomic E-state index is 0.371. The summed E-state index contributed by atoms with van der Waals surface area (Å²) >= 11 is 0. The second kappa shape index (κ2) is 9.71. The van der Waals surface area contributed by atoms with Crippen LogP contribution in [0.1, 0.15) is 34.2 Å². The molecule has 2 aromatic carbocycles. The molecule has 0 aliphatic carbocycles. The van der Waals surface area contributed by atoms with Crippen LogP contribution in [0.4, 0.5) is 13.2 Å². The fourth-order valence-electron chi connectivity index (χ4n) is 3.21. The zero-order chi connectivity index (χ0) is 23.3. The molecular formula is C24H18F3N3O3. The maximum absolute atomic E-state index is 12.5. The smallest absolute Gasteiger partial charge is 0.472 e. The first-order chi connectivity index (χ1) is 15.9. The van der Waals surface area contributed by atoms with E-state index in [-0.39, 0.29) is 0 Å². The molecule has 1 aromatic heterocycles. The first kappa shape index (κ1) is 22.3. The van der Waals surface area contributed by atoms with Gasteiger partial charge in [-0.3, -0.25) is 5.32 Å². The number of halogens is 3. The third-order valence-corrected chi connectivity index (χ3v) is 4.81. The minimum atomic E-state index is -5.05. The average Bonchev–Trinajstić information content (AvgIpc) is 2.82. The molecule has 0 spiro atoms. The van der Waals surface area contributed by atoms with E-state index in [1.54, 1.807) is 30.3 Å². The number of hydrogen-bond acceptors (Lipinski definition) is 6. The Kier molecular flexibility index (Phi) is 6.56. The Morgan fingerprint density at radius 3 is 2.61 bits per heavy atom. The second-order valence-electron chi connectivity index (χ2n) is 7.18. The van der Waals surface area contributed by atoms with Gasteiger partial charge >= 0.3 is 12.1 Å². The Bertz CT molecular complexity index is 1190. The SMILES string of the molecule is O=C(OC1NCCc2cc(C#Cc3ccc(OCc4ccccc4)nn3)ccc21)C(F)(F)F. The highest BCUT2D eigenvalue weighted by molar-refractivity contribution is 5.76. The molecule has 0 radical (unpaired) electrons. The minimum Gasteiger partial charge on any atom is -0.472 e. The van der Waals surface area contributed by atoms with Gasteiger partial charge in [0.2, 0.25) is 5.88 Å². The number of esters is 1.